The first kappa shape index (κ1) is 13.3. The lowest BCUT2D eigenvalue weighted by Crippen LogP contribution is -1.96. The molecule has 0 fully saturated rings. The van der Waals surface area contributed by atoms with E-state index in [2.05, 4.69) is 34.5 Å². The van der Waals surface area contributed by atoms with Gasteiger partial charge in [0.25, 0.3) is 0 Å². The van der Waals surface area contributed by atoms with Crippen molar-refractivity contribution in [2.75, 3.05) is 0 Å². The van der Waals surface area contributed by atoms with Gasteiger partial charge >= 0.3 is 0 Å². The summed E-state index contributed by atoms with van der Waals surface area (Å²) in [5, 5.41) is 8.94. The van der Waals surface area contributed by atoms with Crippen LogP contribution in [0.2, 0.25) is 0 Å². The third kappa shape index (κ3) is 3.42. The van der Waals surface area contributed by atoms with Gasteiger partial charge in [0.05, 0.1) is 5.69 Å². The fourth-order valence-electron chi connectivity index (χ4n) is 2.22. The van der Waals surface area contributed by atoms with Crippen LogP contribution in [0.25, 0.3) is 0 Å². The van der Waals surface area contributed by atoms with Gasteiger partial charge in [-0.3, -0.25) is 0 Å². The molecule has 0 unspecified atom stereocenters. The summed E-state index contributed by atoms with van der Waals surface area (Å²) in [6.07, 6.45) is 0. The van der Waals surface area contributed by atoms with Gasteiger partial charge in [0.15, 0.2) is 0 Å². The monoisotopic (exact) mass is 272 g/mol. The van der Waals surface area contributed by atoms with Crippen LogP contribution in [0.5, 0.6) is 0 Å². The standard InChI is InChI=1S/C19H16N2/c1-4-10-16(11-5-1)19(17-12-6-2-7-13-17)21-20-18-14-8-3-9-15-18/h1-15,19H/b21-20+. The molecule has 21 heavy (non-hydrogen) atoms. The van der Waals surface area contributed by atoms with E-state index in [0.29, 0.717) is 0 Å². The van der Waals surface area contributed by atoms with Crippen LogP contribution in [0.4, 0.5) is 5.69 Å². The van der Waals surface area contributed by atoms with E-state index >= 15 is 0 Å². The Labute approximate surface area is 124 Å². The average Bonchev–Trinajstić information content (AvgIpc) is 2.58. The first-order valence-corrected chi connectivity index (χ1v) is 6.99. The molecule has 0 saturated heterocycles. The fraction of sp³-hybridized carbons (Fsp3) is 0.0526. The normalized spacial score (nSPS) is 11.1. The predicted molar refractivity (Wildman–Crippen MR) is 85.7 cm³/mol. The Kier molecular flexibility index (Phi) is 4.18. The molecule has 2 heteroatoms. The first-order valence-electron chi connectivity index (χ1n) is 6.99. The van der Waals surface area contributed by atoms with Crippen molar-refractivity contribution in [3.63, 3.8) is 0 Å². The van der Waals surface area contributed by atoms with Crippen molar-refractivity contribution >= 4 is 5.69 Å². The minimum absolute atomic E-state index is 0.0763. The number of rotatable bonds is 4. The van der Waals surface area contributed by atoms with Gasteiger partial charge in [0, 0.05) is 0 Å². The zero-order valence-electron chi connectivity index (χ0n) is 11.6. The van der Waals surface area contributed by atoms with Gasteiger partial charge in [0.1, 0.15) is 6.04 Å². The van der Waals surface area contributed by atoms with E-state index in [4.69, 9.17) is 0 Å². The number of azo groups is 1. The van der Waals surface area contributed by atoms with Crippen LogP contribution in [-0.2, 0) is 0 Å². The van der Waals surface area contributed by atoms with Crippen molar-refractivity contribution in [3.8, 4) is 0 Å². The molecule has 3 aromatic carbocycles. The van der Waals surface area contributed by atoms with Crippen LogP contribution in [-0.4, -0.2) is 0 Å². The summed E-state index contributed by atoms with van der Waals surface area (Å²) in [7, 11) is 0. The van der Waals surface area contributed by atoms with E-state index in [1.807, 2.05) is 66.7 Å². The van der Waals surface area contributed by atoms with Gasteiger partial charge < -0.3 is 0 Å². The highest BCUT2D eigenvalue weighted by molar-refractivity contribution is 5.36. The summed E-state index contributed by atoms with van der Waals surface area (Å²) in [5.74, 6) is 0. The van der Waals surface area contributed by atoms with E-state index in [0.717, 1.165) is 16.8 Å². The summed E-state index contributed by atoms with van der Waals surface area (Å²) in [4.78, 5) is 0. The lowest BCUT2D eigenvalue weighted by atomic mass is 10.00. The summed E-state index contributed by atoms with van der Waals surface area (Å²) in [6.45, 7) is 0. The van der Waals surface area contributed by atoms with E-state index in [-0.39, 0.29) is 6.04 Å². The lowest BCUT2D eigenvalue weighted by molar-refractivity contribution is 0.809. The SMILES string of the molecule is c1ccc(/N=N/C(c2ccccc2)c2ccccc2)cc1. The molecule has 0 radical (unpaired) electrons. The highest BCUT2D eigenvalue weighted by Gasteiger charge is 2.12. The molecule has 0 bridgehead atoms. The molecule has 0 N–H and O–H groups in total. The maximum absolute atomic E-state index is 4.56. The summed E-state index contributed by atoms with van der Waals surface area (Å²) in [6, 6.07) is 30.2. The van der Waals surface area contributed by atoms with Crippen molar-refractivity contribution in [3.05, 3.63) is 102 Å². The first-order chi connectivity index (χ1) is 10.4. The maximum atomic E-state index is 4.56. The van der Waals surface area contributed by atoms with Crippen LogP contribution < -0.4 is 0 Å². The maximum Gasteiger partial charge on any atom is 0.121 e. The van der Waals surface area contributed by atoms with Crippen LogP contribution in [0, 0.1) is 0 Å². The largest absolute Gasteiger partial charge is 0.176 e. The minimum Gasteiger partial charge on any atom is -0.176 e. The Bertz CT molecular complexity index is 652. The summed E-state index contributed by atoms with van der Waals surface area (Å²) < 4.78 is 0. The lowest BCUT2D eigenvalue weighted by Gasteiger charge is -2.12. The third-order valence-corrected chi connectivity index (χ3v) is 3.28. The van der Waals surface area contributed by atoms with E-state index in [1.54, 1.807) is 0 Å². The quantitative estimate of drug-likeness (QED) is 0.555. The molecule has 0 aliphatic carbocycles. The number of hydrogen-bond acceptors (Lipinski definition) is 2. The van der Waals surface area contributed by atoms with Crippen molar-refractivity contribution in [1.82, 2.24) is 0 Å². The molecule has 0 saturated carbocycles. The third-order valence-electron chi connectivity index (χ3n) is 3.28. The highest BCUT2D eigenvalue weighted by Crippen LogP contribution is 2.27. The molecule has 0 amide bonds. The molecule has 102 valence electrons. The Morgan fingerprint density at radius 2 is 0.952 bits per heavy atom. The number of hydrogen-bond donors (Lipinski definition) is 0. The van der Waals surface area contributed by atoms with Crippen LogP contribution in [0.15, 0.2) is 101 Å². The second-order valence-electron chi connectivity index (χ2n) is 4.77. The van der Waals surface area contributed by atoms with Gasteiger partial charge in [-0.05, 0) is 23.3 Å². The molecule has 0 aliphatic rings. The molecular formula is C19H16N2. The molecule has 3 aromatic rings. The van der Waals surface area contributed by atoms with Crippen LogP contribution >= 0.6 is 0 Å². The minimum atomic E-state index is -0.0763. The second-order valence-corrected chi connectivity index (χ2v) is 4.77. The van der Waals surface area contributed by atoms with Crippen molar-refractivity contribution in [2.45, 2.75) is 6.04 Å². The molecule has 3 rings (SSSR count). The molecule has 0 aliphatic heterocycles. The van der Waals surface area contributed by atoms with Crippen LogP contribution in [0.1, 0.15) is 17.2 Å². The fourth-order valence-corrected chi connectivity index (χ4v) is 2.22. The van der Waals surface area contributed by atoms with E-state index < -0.39 is 0 Å². The van der Waals surface area contributed by atoms with Gasteiger partial charge in [-0.1, -0.05) is 78.9 Å². The van der Waals surface area contributed by atoms with E-state index in [1.165, 1.54) is 0 Å². The Hall–Kier alpha value is -2.74. The molecular weight excluding hydrogens is 256 g/mol. The van der Waals surface area contributed by atoms with Crippen molar-refractivity contribution < 1.29 is 0 Å². The zero-order valence-corrected chi connectivity index (χ0v) is 11.6. The Morgan fingerprint density at radius 3 is 1.43 bits per heavy atom. The number of benzene rings is 3. The zero-order chi connectivity index (χ0) is 14.3. The molecule has 0 spiro atoms. The molecule has 0 heterocycles. The average molecular weight is 272 g/mol. The smallest absolute Gasteiger partial charge is 0.121 e. The highest BCUT2D eigenvalue weighted by atomic mass is 15.1. The molecule has 2 nitrogen and oxygen atoms in total. The van der Waals surface area contributed by atoms with Gasteiger partial charge in [-0.2, -0.15) is 10.2 Å². The van der Waals surface area contributed by atoms with E-state index in [9.17, 15) is 0 Å². The van der Waals surface area contributed by atoms with Crippen molar-refractivity contribution in [1.29, 1.82) is 0 Å². The van der Waals surface area contributed by atoms with Crippen LogP contribution in [0.3, 0.4) is 0 Å². The van der Waals surface area contributed by atoms with Gasteiger partial charge in [-0.15, -0.1) is 0 Å². The van der Waals surface area contributed by atoms with Crippen molar-refractivity contribution in [2.24, 2.45) is 10.2 Å². The molecule has 0 atom stereocenters. The Balaban J connectivity index is 1.96. The second kappa shape index (κ2) is 6.62. The predicted octanol–water partition coefficient (Wildman–Crippen LogP) is 5.56. The molecule has 0 aromatic heterocycles. The topological polar surface area (TPSA) is 24.7 Å². The summed E-state index contributed by atoms with van der Waals surface area (Å²) in [5.41, 5.74) is 3.15. The Morgan fingerprint density at radius 1 is 0.524 bits per heavy atom. The van der Waals surface area contributed by atoms with Gasteiger partial charge in [0.2, 0.25) is 0 Å². The summed E-state index contributed by atoms with van der Waals surface area (Å²) >= 11 is 0. The number of nitrogens with zero attached hydrogens (tertiary/aromatic N) is 2. The van der Waals surface area contributed by atoms with Gasteiger partial charge in [-0.25, -0.2) is 0 Å².